The number of carbonyl (C=O) groups excluding carboxylic acids is 1. The summed E-state index contributed by atoms with van der Waals surface area (Å²) in [7, 11) is 0. The first-order valence-electron chi connectivity index (χ1n) is 11.3. The zero-order valence-corrected chi connectivity index (χ0v) is 19.4. The van der Waals surface area contributed by atoms with Crippen LogP contribution in [0.3, 0.4) is 0 Å². The van der Waals surface area contributed by atoms with Gasteiger partial charge in [0.15, 0.2) is 40.6 Å². The van der Waals surface area contributed by atoms with Gasteiger partial charge in [0.2, 0.25) is 5.82 Å². The highest BCUT2D eigenvalue weighted by Crippen LogP contribution is 2.33. The number of phenolic OH excluding ortho intramolecular Hbond substituents is 1. The van der Waals surface area contributed by atoms with Gasteiger partial charge in [-0.15, -0.1) is 0 Å². The molecule has 0 radical (unpaired) electrons. The number of rotatable bonds is 10. The van der Waals surface area contributed by atoms with Crippen molar-refractivity contribution in [3.05, 3.63) is 82.2 Å². The Morgan fingerprint density at radius 2 is 1.37 bits per heavy atom. The summed E-state index contributed by atoms with van der Waals surface area (Å²) in [4.78, 5) is 12.6. The van der Waals surface area contributed by atoms with Crippen LogP contribution in [0.2, 0.25) is 0 Å². The quantitative estimate of drug-likeness (QED) is 0.183. The van der Waals surface area contributed by atoms with E-state index in [1.807, 2.05) is 6.92 Å². The zero-order valence-electron chi connectivity index (χ0n) is 19.4. The Morgan fingerprint density at radius 3 is 1.97 bits per heavy atom. The van der Waals surface area contributed by atoms with Crippen LogP contribution in [0, 0.1) is 29.1 Å². The number of Topliss-reactive ketones (excluding diaryl/α,β-unsaturated/α-hetero) is 1. The molecule has 0 aliphatic heterocycles. The number of benzene rings is 3. The van der Waals surface area contributed by atoms with E-state index in [1.165, 1.54) is 12.1 Å². The standard InChI is InChI=1S/C27H25F5O3/c1-3-5-6-7-15-8-10-17(24(30)22(15)28)18-11-9-16(23(29)25(18)31)14-20(33)19-12-13-21(35-4-2)26(32)27(19)34/h8-13,34H,3-7,14H2,1-2H3. The monoisotopic (exact) mass is 492 g/mol. The van der Waals surface area contributed by atoms with E-state index in [-0.39, 0.29) is 23.5 Å². The minimum atomic E-state index is -1.45. The van der Waals surface area contributed by atoms with Gasteiger partial charge in [0.05, 0.1) is 12.2 Å². The molecule has 0 saturated heterocycles. The Hall–Kier alpha value is -3.42. The molecule has 0 fully saturated rings. The lowest BCUT2D eigenvalue weighted by Gasteiger charge is -2.12. The van der Waals surface area contributed by atoms with Crippen LogP contribution in [0.5, 0.6) is 11.5 Å². The molecule has 3 aromatic rings. The summed E-state index contributed by atoms with van der Waals surface area (Å²) in [5.41, 5.74) is -1.60. The molecule has 0 heterocycles. The predicted molar refractivity (Wildman–Crippen MR) is 122 cm³/mol. The molecular weight excluding hydrogens is 467 g/mol. The number of hydrogen-bond donors (Lipinski definition) is 1. The molecule has 0 aliphatic carbocycles. The molecule has 0 aromatic heterocycles. The second kappa shape index (κ2) is 11.3. The lowest BCUT2D eigenvalue weighted by atomic mass is 9.96. The average Bonchev–Trinajstić information content (AvgIpc) is 2.83. The summed E-state index contributed by atoms with van der Waals surface area (Å²) in [6.07, 6.45) is 2.06. The number of ether oxygens (including phenoxy) is 1. The Morgan fingerprint density at radius 1 is 0.771 bits per heavy atom. The SMILES string of the molecule is CCCCCc1ccc(-c2ccc(CC(=O)c3ccc(OCC)c(F)c3O)c(F)c2F)c(F)c1F. The minimum Gasteiger partial charge on any atom is -0.504 e. The van der Waals surface area contributed by atoms with Crippen LogP contribution in [0.4, 0.5) is 22.0 Å². The number of aryl methyl sites for hydroxylation is 1. The fourth-order valence-electron chi connectivity index (χ4n) is 3.80. The van der Waals surface area contributed by atoms with Crippen molar-refractivity contribution in [1.29, 1.82) is 0 Å². The summed E-state index contributed by atoms with van der Waals surface area (Å²) in [5.74, 6) is -8.49. The third-order valence-corrected chi connectivity index (χ3v) is 5.70. The first-order chi connectivity index (χ1) is 16.7. The molecule has 1 N–H and O–H groups in total. The molecule has 0 saturated carbocycles. The van der Waals surface area contributed by atoms with Crippen LogP contribution < -0.4 is 4.74 Å². The van der Waals surface area contributed by atoms with Crippen LogP contribution in [-0.2, 0) is 12.8 Å². The van der Waals surface area contributed by atoms with E-state index in [9.17, 15) is 31.9 Å². The Bertz CT molecular complexity index is 1240. The van der Waals surface area contributed by atoms with E-state index >= 15 is 0 Å². The van der Waals surface area contributed by atoms with Crippen molar-refractivity contribution in [3.8, 4) is 22.6 Å². The fourth-order valence-corrected chi connectivity index (χ4v) is 3.80. The number of aromatic hydroxyl groups is 1. The first kappa shape index (κ1) is 26.2. The van der Waals surface area contributed by atoms with Gasteiger partial charge in [-0.2, -0.15) is 4.39 Å². The summed E-state index contributed by atoms with van der Waals surface area (Å²) in [6.45, 7) is 3.72. The minimum absolute atomic E-state index is 0.132. The molecule has 3 rings (SSSR count). The second-order valence-corrected chi connectivity index (χ2v) is 8.06. The van der Waals surface area contributed by atoms with Crippen LogP contribution in [0.25, 0.3) is 11.1 Å². The fraction of sp³-hybridized carbons (Fsp3) is 0.296. The highest BCUT2D eigenvalue weighted by Gasteiger charge is 2.24. The highest BCUT2D eigenvalue weighted by atomic mass is 19.2. The third-order valence-electron chi connectivity index (χ3n) is 5.70. The van der Waals surface area contributed by atoms with Crippen molar-refractivity contribution in [2.24, 2.45) is 0 Å². The summed E-state index contributed by atoms with van der Waals surface area (Å²) >= 11 is 0. The number of hydrogen-bond acceptors (Lipinski definition) is 3. The van der Waals surface area contributed by atoms with Gasteiger partial charge < -0.3 is 9.84 Å². The molecule has 0 spiro atoms. The van der Waals surface area contributed by atoms with E-state index in [0.29, 0.717) is 12.8 Å². The van der Waals surface area contributed by atoms with Gasteiger partial charge in [-0.25, -0.2) is 17.6 Å². The molecule has 0 aliphatic rings. The Kier molecular flexibility index (Phi) is 8.48. The number of phenols is 1. The van der Waals surface area contributed by atoms with Crippen molar-refractivity contribution in [2.75, 3.05) is 6.61 Å². The average molecular weight is 492 g/mol. The Labute approximate surface area is 200 Å². The summed E-state index contributed by atoms with van der Waals surface area (Å²) in [6, 6.07) is 6.93. The zero-order chi connectivity index (χ0) is 25.7. The maximum absolute atomic E-state index is 14.8. The molecule has 0 amide bonds. The molecule has 3 aromatic carbocycles. The normalized spacial score (nSPS) is 11.1. The molecular formula is C27H25F5O3. The van der Waals surface area contributed by atoms with Gasteiger partial charge in [-0.05, 0) is 43.0 Å². The van der Waals surface area contributed by atoms with E-state index in [2.05, 4.69) is 0 Å². The summed E-state index contributed by atoms with van der Waals surface area (Å²) in [5, 5.41) is 10.00. The van der Waals surface area contributed by atoms with Crippen LogP contribution in [0.1, 0.15) is 54.6 Å². The lowest BCUT2D eigenvalue weighted by molar-refractivity contribution is 0.0988. The molecule has 35 heavy (non-hydrogen) atoms. The highest BCUT2D eigenvalue weighted by molar-refractivity contribution is 6.00. The largest absolute Gasteiger partial charge is 0.504 e. The van der Waals surface area contributed by atoms with Crippen LogP contribution in [-0.4, -0.2) is 17.5 Å². The molecule has 0 unspecified atom stereocenters. The van der Waals surface area contributed by atoms with Crippen molar-refractivity contribution in [3.63, 3.8) is 0 Å². The van der Waals surface area contributed by atoms with Crippen molar-refractivity contribution in [2.45, 2.75) is 46.0 Å². The smallest absolute Gasteiger partial charge is 0.207 e. The van der Waals surface area contributed by atoms with Gasteiger partial charge in [-0.1, -0.05) is 44.0 Å². The molecule has 0 atom stereocenters. The molecule has 3 nitrogen and oxygen atoms in total. The van der Waals surface area contributed by atoms with Crippen LogP contribution >= 0.6 is 0 Å². The maximum atomic E-state index is 14.8. The van der Waals surface area contributed by atoms with Gasteiger partial charge >= 0.3 is 0 Å². The van der Waals surface area contributed by atoms with Gasteiger partial charge in [-0.3, -0.25) is 4.79 Å². The van der Waals surface area contributed by atoms with E-state index in [4.69, 9.17) is 4.74 Å². The molecule has 186 valence electrons. The maximum Gasteiger partial charge on any atom is 0.207 e. The van der Waals surface area contributed by atoms with E-state index < -0.39 is 63.7 Å². The topological polar surface area (TPSA) is 46.5 Å². The molecule has 8 heteroatoms. The first-order valence-corrected chi connectivity index (χ1v) is 11.3. The van der Waals surface area contributed by atoms with Gasteiger partial charge in [0.25, 0.3) is 0 Å². The lowest BCUT2D eigenvalue weighted by Crippen LogP contribution is -2.09. The number of carbonyl (C=O) groups is 1. The molecule has 0 bridgehead atoms. The van der Waals surface area contributed by atoms with Crippen molar-refractivity contribution >= 4 is 5.78 Å². The predicted octanol–water partition coefficient (Wildman–Crippen LogP) is 7.31. The Balaban J connectivity index is 1.88. The summed E-state index contributed by atoms with van der Waals surface area (Å²) < 4.78 is 78.0. The van der Waals surface area contributed by atoms with E-state index in [0.717, 1.165) is 37.1 Å². The second-order valence-electron chi connectivity index (χ2n) is 8.06. The van der Waals surface area contributed by atoms with Gasteiger partial charge in [0.1, 0.15) is 0 Å². The third kappa shape index (κ3) is 5.47. The number of ketones is 1. The number of halogens is 5. The van der Waals surface area contributed by atoms with Crippen LogP contribution in [0.15, 0.2) is 36.4 Å². The van der Waals surface area contributed by atoms with Crippen molar-refractivity contribution in [1.82, 2.24) is 0 Å². The van der Waals surface area contributed by atoms with E-state index in [1.54, 1.807) is 6.92 Å². The van der Waals surface area contributed by atoms with Gasteiger partial charge in [0, 0.05) is 17.5 Å². The number of unbranched alkanes of at least 4 members (excludes halogenated alkanes) is 2. The van der Waals surface area contributed by atoms with Crippen molar-refractivity contribution < 1.29 is 36.6 Å².